The van der Waals surface area contributed by atoms with Gasteiger partial charge in [-0.3, -0.25) is 4.79 Å². The molecule has 2 heterocycles. The Morgan fingerprint density at radius 3 is 2.89 bits per heavy atom. The fraction of sp³-hybridized carbons (Fsp3) is 0.500. The molecule has 0 bridgehead atoms. The van der Waals surface area contributed by atoms with Gasteiger partial charge in [-0.25, -0.2) is 4.98 Å². The Hall–Kier alpha value is -2.18. The summed E-state index contributed by atoms with van der Waals surface area (Å²) < 4.78 is 6.36. The Balaban J connectivity index is 2.49. The highest BCUT2D eigenvalue weighted by Gasteiger charge is 2.19. The predicted octanol–water partition coefficient (Wildman–Crippen LogP) is 0.821. The summed E-state index contributed by atoms with van der Waals surface area (Å²) in [6.45, 7) is 6.05. The molecule has 0 saturated carbocycles. The Kier molecular flexibility index (Phi) is 3.64. The summed E-state index contributed by atoms with van der Waals surface area (Å²) in [5.74, 6) is 1.00. The van der Waals surface area contributed by atoms with Crippen molar-refractivity contribution in [1.29, 1.82) is 0 Å². The lowest BCUT2D eigenvalue weighted by Crippen LogP contribution is -2.37. The Morgan fingerprint density at radius 2 is 2.26 bits per heavy atom. The number of anilines is 1. The molecule has 0 aromatic carbocycles. The molecule has 0 fully saturated rings. The van der Waals surface area contributed by atoms with Crippen LogP contribution >= 0.6 is 0 Å². The van der Waals surface area contributed by atoms with E-state index in [0.29, 0.717) is 5.78 Å². The summed E-state index contributed by atoms with van der Waals surface area (Å²) >= 11 is 0. The smallest absolute Gasteiger partial charge is 0.325 e. The molecule has 0 radical (unpaired) electrons. The monoisotopic (exact) mass is 263 g/mol. The van der Waals surface area contributed by atoms with Gasteiger partial charge >= 0.3 is 5.97 Å². The lowest BCUT2D eigenvalue weighted by Gasteiger charge is -2.27. The van der Waals surface area contributed by atoms with Crippen molar-refractivity contribution < 1.29 is 9.53 Å². The van der Waals surface area contributed by atoms with Gasteiger partial charge in [0.2, 0.25) is 0 Å². The number of carbonyl (C=O) groups is 1. The highest BCUT2D eigenvalue weighted by Crippen LogP contribution is 2.18. The van der Waals surface area contributed by atoms with Crippen LogP contribution < -0.4 is 4.90 Å². The zero-order valence-electron chi connectivity index (χ0n) is 11.5. The first-order valence-corrected chi connectivity index (χ1v) is 6.03. The van der Waals surface area contributed by atoms with Crippen molar-refractivity contribution >= 4 is 17.6 Å². The van der Waals surface area contributed by atoms with Crippen LogP contribution in [0.25, 0.3) is 5.78 Å². The quantitative estimate of drug-likeness (QED) is 0.760. The average Bonchev–Trinajstić information content (AvgIpc) is 2.82. The van der Waals surface area contributed by atoms with Gasteiger partial charge in [0.25, 0.3) is 5.78 Å². The number of rotatable bonds is 4. The van der Waals surface area contributed by atoms with Crippen molar-refractivity contribution in [2.24, 2.45) is 0 Å². The molecule has 0 aliphatic carbocycles. The van der Waals surface area contributed by atoms with Crippen molar-refractivity contribution in [2.75, 3.05) is 18.6 Å². The topological polar surface area (TPSA) is 72.6 Å². The van der Waals surface area contributed by atoms with Gasteiger partial charge in [-0.15, -0.1) is 0 Å². The maximum absolute atomic E-state index is 11.5. The fourth-order valence-electron chi connectivity index (χ4n) is 1.85. The van der Waals surface area contributed by atoms with Crippen molar-refractivity contribution in [1.82, 2.24) is 19.6 Å². The maximum Gasteiger partial charge on any atom is 0.325 e. The first kappa shape index (κ1) is 13.3. The van der Waals surface area contributed by atoms with Crippen LogP contribution in [0.4, 0.5) is 5.82 Å². The van der Waals surface area contributed by atoms with Gasteiger partial charge in [-0.1, -0.05) is 0 Å². The molecule has 7 nitrogen and oxygen atoms in total. The number of methoxy groups -OCH3 is 1. The molecule has 2 rings (SSSR count). The molecule has 2 aromatic heterocycles. The van der Waals surface area contributed by atoms with Gasteiger partial charge < -0.3 is 9.64 Å². The van der Waals surface area contributed by atoms with Gasteiger partial charge in [0.1, 0.15) is 18.7 Å². The van der Waals surface area contributed by atoms with E-state index in [1.165, 1.54) is 13.4 Å². The molecule has 102 valence electrons. The molecule has 19 heavy (non-hydrogen) atoms. The number of aryl methyl sites for hydroxylation is 1. The van der Waals surface area contributed by atoms with Crippen molar-refractivity contribution in [3.8, 4) is 0 Å². The van der Waals surface area contributed by atoms with Crippen LogP contribution in [-0.2, 0) is 9.53 Å². The lowest BCUT2D eigenvalue weighted by molar-refractivity contribution is -0.139. The van der Waals surface area contributed by atoms with E-state index < -0.39 is 0 Å². The normalized spacial score (nSPS) is 11.0. The van der Waals surface area contributed by atoms with E-state index in [0.717, 1.165) is 11.5 Å². The number of carbonyl (C=O) groups excluding carboxylic acids is 1. The van der Waals surface area contributed by atoms with E-state index in [4.69, 9.17) is 4.74 Å². The third-order valence-electron chi connectivity index (χ3n) is 2.81. The maximum atomic E-state index is 11.5. The minimum atomic E-state index is -0.295. The molecular weight excluding hydrogens is 246 g/mol. The van der Waals surface area contributed by atoms with Crippen molar-refractivity contribution in [2.45, 2.75) is 26.8 Å². The van der Waals surface area contributed by atoms with Crippen LogP contribution in [0, 0.1) is 6.92 Å². The summed E-state index contributed by atoms with van der Waals surface area (Å²) in [5.41, 5.74) is 0.825. The van der Waals surface area contributed by atoms with E-state index in [1.54, 1.807) is 4.52 Å². The zero-order chi connectivity index (χ0) is 14.0. The van der Waals surface area contributed by atoms with Crippen LogP contribution in [-0.4, -0.2) is 45.2 Å². The summed E-state index contributed by atoms with van der Waals surface area (Å²) in [6.07, 6.45) is 1.45. The second-order valence-corrected chi connectivity index (χ2v) is 4.53. The molecule has 0 N–H and O–H groups in total. The first-order valence-electron chi connectivity index (χ1n) is 6.03. The second kappa shape index (κ2) is 5.21. The molecule has 0 amide bonds. The Morgan fingerprint density at radius 1 is 1.53 bits per heavy atom. The number of hydrogen-bond donors (Lipinski definition) is 0. The number of ether oxygens (including phenoxy) is 1. The van der Waals surface area contributed by atoms with E-state index in [-0.39, 0.29) is 18.6 Å². The lowest BCUT2D eigenvalue weighted by atomic mass is 10.3. The highest BCUT2D eigenvalue weighted by atomic mass is 16.5. The highest BCUT2D eigenvalue weighted by molar-refractivity contribution is 5.75. The molecule has 0 aliphatic heterocycles. The van der Waals surface area contributed by atoms with Crippen LogP contribution in [0.1, 0.15) is 19.5 Å². The molecule has 0 atom stereocenters. The van der Waals surface area contributed by atoms with Crippen LogP contribution in [0.2, 0.25) is 0 Å². The summed E-state index contributed by atoms with van der Waals surface area (Å²) in [5, 5.41) is 4.15. The van der Waals surface area contributed by atoms with E-state index in [9.17, 15) is 4.79 Å². The number of fused-ring (bicyclic) bond motifs is 1. The van der Waals surface area contributed by atoms with E-state index >= 15 is 0 Å². The SMILES string of the molecule is COC(=O)CN(c1cc(C)nc2ncnn12)C(C)C. The minimum Gasteiger partial charge on any atom is -0.468 e. The zero-order valence-corrected chi connectivity index (χ0v) is 11.5. The molecule has 0 saturated heterocycles. The summed E-state index contributed by atoms with van der Waals surface area (Å²) in [4.78, 5) is 21.8. The number of nitrogens with zero attached hydrogens (tertiary/aromatic N) is 5. The van der Waals surface area contributed by atoms with Gasteiger partial charge in [0.05, 0.1) is 7.11 Å². The van der Waals surface area contributed by atoms with Crippen molar-refractivity contribution in [3.63, 3.8) is 0 Å². The van der Waals surface area contributed by atoms with Gasteiger partial charge in [0, 0.05) is 17.8 Å². The molecule has 2 aromatic rings. The molecule has 0 aliphatic rings. The summed E-state index contributed by atoms with van der Waals surface area (Å²) in [7, 11) is 1.38. The van der Waals surface area contributed by atoms with E-state index in [1.807, 2.05) is 31.7 Å². The number of hydrogen-bond acceptors (Lipinski definition) is 6. The number of esters is 1. The molecule has 7 heteroatoms. The standard InChI is InChI=1S/C12H17N5O2/c1-8(2)16(6-11(18)19-4)10-5-9(3)15-12-13-7-14-17(10)12/h5,7-8H,6H2,1-4H3. The van der Waals surface area contributed by atoms with E-state index in [2.05, 4.69) is 15.1 Å². The fourth-order valence-corrected chi connectivity index (χ4v) is 1.85. The Bertz CT molecular complexity index is 593. The number of aromatic nitrogens is 4. The second-order valence-electron chi connectivity index (χ2n) is 4.53. The van der Waals surface area contributed by atoms with Gasteiger partial charge in [0.15, 0.2) is 0 Å². The minimum absolute atomic E-state index is 0.119. The first-order chi connectivity index (χ1) is 9.02. The predicted molar refractivity (Wildman–Crippen MR) is 70.0 cm³/mol. The average molecular weight is 263 g/mol. The van der Waals surface area contributed by atoms with Crippen LogP contribution in [0.15, 0.2) is 12.4 Å². The Labute approximate surface area is 111 Å². The molecule has 0 unspecified atom stereocenters. The van der Waals surface area contributed by atoms with Crippen molar-refractivity contribution in [3.05, 3.63) is 18.1 Å². The third-order valence-corrected chi connectivity index (χ3v) is 2.81. The van der Waals surface area contributed by atoms with Crippen LogP contribution in [0.3, 0.4) is 0 Å². The molecular formula is C12H17N5O2. The van der Waals surface area contributed by atoms with Gasteiger partial charge in [-0.2, -0.15) is 14.6 Å². The van der Waals surface area contributed by atoms with Crippen LogP contribution in [0.5, 0.6) is 0 Å². The largest absolute Gasteiger partial charge is 0.468 e. The summed E-state index contributed by atoms with van der Waals surface area (Å²) in [6, 6.07) is 2.00. The third kappa shape index (κ3) is 2.64. The molecule has 0 spiro atoms. The van der Waals surface area contributed by atoms with Gasteiger partial charge in [-0.05, 0) is 20.8 Å².